The summed E-state index contributed by atoms with van der Waals surface area (Å²) in [6, 6.07) is 2.42. The van der Waals surface area contributed by atoms with E-state index in [2.05, 4.69) is 13.0 Å². The second kappa shape index (κ2) is 1.99. The summed E-state index contributed by atoms with van der Waals surface area (Å²) in [6.07, 6.45) is 4.09. The second-order valence-electron chi connectivity index (χ2n) is 3.77. The molecule has 2 fully saturated rings. The summed E-state index contributed by atoms with van der Waals surface area (Å²) in [5.74, 6) is 2.83. The van der Waals surface area contributed by atoms with Gasteiger partial charge in [-0.15, -0.1) is 0 Å². The molecule has 0 aromatic heterocycles. The van der Waals surface area contributed by atoms with Gasteiger partial charge in [0.25, 0.3) is 0 Å². The van der Waals surface area contributed by atoms with Crippen molar-refractivity contribution in [2.24, 2.45) is 23.7 Å². The largest absolute Gasteiger partial charge is 0.198 e. The van der Waals surface area contributed by atoms with E-state index in [-0.39, 0.29) is 0 Å². The van der Waals surface area contributed by atoms with Crippen LogP contribution in [0.15, 0.2) is 0 Å². The second-order valence-corrected chi connectivity index (χ2v) is 3.77. The van der Waals surface area contributed by atoms with Crippen molar-refractivity contribution >= 4 is 0 Å². The van der Waals surface area contributed by atoms with Crippen molar-refractivity contribution in [3.05, 3.63) is 0 Å². The summed E-state index contributed by atoms with van der Waals surface area (Å²) in [5, 5.41) is 8.75. The molecule has 0 spiro atoms. The lowest BCUT2D eigenvalue weighted by atomic mass is 9.60. The molecule has 4 atom stereocenters. The molecule has 2 saturated carbocycles. The van der Waals surface area contributed by atoms with E-state index in [1.54, 1.807) is 0 Å². The van der Waals surface area contributed by atoms with Crippen LogP contribution >= 0.6 is 0 Å². The van der Waals surface area contributed by atoms with E-state index in [9.17, 15) is 0 Å². The molecule has 1 heteroatoms. The van der Waals surface area contributed by atoms with Gasteiger partial charge in [-0.3, -0.25) is 0 Å². The fraction of sp³-hybridized carbons (Fsp3) is 0.889. The van der Waals surface area contributed by atoms with E-state index in [4.69, 9.17) is 5.26 Å². The molecule has 2 rings (SSSR count). The predicted molar refractivity (Wildman–Crippen MR) is 39.1 cm³/mol. The van der Waals surface area contributed by atoms with Gasteiger partial charge < -0.3 is 0 Å². The lowest BCUT2D eigenvalue weighted by Gasteiger charge is -2.43. The Morgan fingerprint density at radius 3 is 2.70 bits per heavy atom. The molecule has 2 aliphatic carbocycles. The fourth-order valence-electron chi connectivity index (χ4n) is 2.84. The van der Waals surface area contributed by atoms with Gasteiger partial charge in [0.2, 0.25) is 0 Å². The van der Waals surface area contributed by atoms with E-state index in [0.717, 1.165) is 11.8 Å². The van der Waals surface area contributed by atoms with E-state index in [0.29, 0.717) is 11.8 Å². The summed E-state index contributed by atoms with van der Waals surface area (Å²) in [6.45, 7) is 2.24. The highest BCUT2D eigenvalue weighted by atomic mass is 14.5. The Morgan fingerprint density at radius 1 is 1.30 bits per heavy atom. The molecule has 0 radical (unpaired) electrons. The summed E-state index contributed by atoms with van der Waals surface area (Å²) >= 11 is 0. The van der Waals surface area contributed by atoms with Crippen molar-refractivity contribution in [1.29, 1.82) is 5.26 Å². The first-order valence-electron chi connectivity index (χ1n) is 4.24. The van der Waals surface area contributed by atoms with Crippen LogP contribution in [0.5, 0.6) is 0 Å². The lowest BCUT2D eigenvalue weighted by Crippen LogP contribution is -2.40. The molecule has 1 nitrogen and oxygen atoms in total. The van der Waals surface area contributed by atoms with Gasteiger partial charge in [-0.25, -0.2) is 0 Å². The van der Waals surface area contributed by atoms with Gasteiger partial charge in [-0.1, -0.05) is 13.3 Å². The maximum atomic E-state index is 8.75. The molecular weight excluding hydrogens is 122 g/mol. The van der Waals surface area contributed by atoms with Crippen LogP contribution in [0.1, 0.15) is 26.2 Å². The van der Waals surface area contributed by atoms with Crippen molar-refractivity contribution < 1.29 is 0 Å². The van der Waals surface area contributed by atoms with Crippen molar-refractivity contribution in [3.63, 3.8) is 0 Å². The van der Waals surface area contributed by atoms with Crippen LogP contribution in [0.4, 0.5) is 0 Å². The highest BCUT2D eigenvalue weighted by Gasteiger charge is 2.49. The molecule has 54 valence electrons. The number of rotatable bonds is 0. The minimum atomic E-state index is 0.410. The van der Waals surface area contributed by atoms with Crippen LogP contribution in [0.3, 0.4) is 0 Å². The Hall–Kier alpha value is -0.510. The first-order valence-corrected chi connectivity index (χ1v) is 4.24. The van der Waals surface area contributed by atoms with E-state index in [1.807, 2.05) is 0 Å². The Labute approximate surface area is 62.0 Å². The van der Waals surface area contributed by atoms with Crippen molar-refractivity contribution in [1.82, 2.24) is 0 Å². The molecule has 0 saturated heterocycles. The van der Waals surface area contributed by atoms with Gasteiger partial charge in [0, 0.05) is 0 Å². The molecule has 0 N–H and O–H groups in total. The third kappa shape index (κ3) is 0.572. The van der Waals surface area contributed by atoms with Gasteiger partial charge in [-0.05, 0) is 30.6 Å². The Kier molecular flexibility index (Phi) is 1.23. The standard InChI is InChI=1S/C9H13N/c1-6-7-3-2-4-8(7)9(6)5-10/h6-9H,2-4H2,1H3. The van der Waals surface area contributed by atoms with Gasteiger partial charge in [0.1, 0.15) is 0 Å². The Morgan fingerprint density at radius 2 is 2.00 bits per heavy atom. The van der Waals surface area contributed by atoms with E-state index in [1.165, 1.54) is 19.3 Å². The van der Waals surface area contributed by atoms with Crippen LogP contribution in [0.2, 0.25) is 0 Å². The summed E-state index contributed by atoms with van der Waals surface area (Å²) < 4.78 is 0. The molecule has 0 aliphatic heterocycles. The molecule has 10 heavy (non-hydrogen) atoms. The van der Waals surface area contributed by atoms with Crippen molar-refractivity contribution in [2.75, 3.05) is 0 Å². The van der Waals surface area contributed by atoms with Crippen molar-refractivity contribution in [3.8, 4) is 6.07 Å². The average Bonchev–Trinajstić information content (AvgIpc) is 2.33. The molecule has 4 unspecified atom stereocenters. The van der Waals surface area contributed by atoms with E-state index >= 15 is 0 Å². The number of hydrogen-bond donors (Lipinski definition) is 0. The first-order chi connectivity index (χ1) is 4.84. The van der Waals surface area contributed by atoms with Crippen LogP contribution in [0, 0.1) is 35.0 Å². The van der Waals surface area contributed by atoms with Crippen LogP contribution in [-0.4, -0.2) is 0 Å². The summed E-state index contributed by atoms with van der Waals surface area (Å²) in [7, 11) is 0. The van der Waals surface area contributed by atoms with Gasteiger partial charge in [0.15, 0.2) is 0 Å². The number of hydrogen-bond acceptors (Lipinski definition) is 1. The van der Waals surface area contributed by atoms with Crippen LogP contribution in [-0.2, 0) is 0 Å². The summed E-state index contributed by atoms with van der Waals surface area (Å²) in [5.41, 5.74) is 0. The third-order valence-electron chi connectivity index (χ3n) is 3.48. The molecule has 0 amide bonds. The topological polar surface area (TPSA) is 23.8 Å². The predicted octanol–water partition coefficient (Wildman–Crippen LogP) is 2.19. The maximum absolute atomic E-state index is 8.75. The lowest BCUT2D eigenvalue weighted by molar-refractivity contribution is 0.0577. The summed E-state index contributed by atoms with van der Waals surface area (Å²) in [4.78, 5) is 0. The molecule has 0 heterocycles. The number of nitrogens with zero attached hydrogens (tertiary/aromatic N) is 1. The fourth-order valence-corrected chi connectivity index (χ4v) is 2.84. The van der Waals surface area contributed by atoms with Crippen LogP contribution < -0.4 is 0 Å². The minimum Gasteiger partial charge on any atom is -0.198 e. The first kappa shape index (κ1) is 6.22. The minimum absolute atomic E-state index is 0.410. The quantitative estimate of drug-likeness (QED) is 0.499. The molecule has 0 bridgehead atoms. The highest BCUT2D eigenvalue weighted by molar-refractivity contribution is 5.07. The Balaban J connectivity index is 2.10. The monoisotopic (exact) mass is 135 g/mol. The Bertz CT molecular complexity index is 180. The smallest absolute Gasteiger partial charge is 0.0661 e. The van der Waals surface area contributed by atoms with Crippen molar-refractivity contribution in [2.45, 2.75) is 26.2 Å². The van der Waals surface area contributed by atoms with Gasteiger partial charge in [-0.2, -0.15) is 5.26 Å². The number of nitriles is 1. The third-order valence-corrected chi connectivity index (χ3v) is 3.48. The van der Waals surface area contributed by atoms with Gasteiger partial charge in [0.05, 0.1) is 12.0 Å². The normalized spacial score (nSPS) is 51.2. The molecular formula is C9H13N. The highest BCUT2D eigenvalue weighted by Crippen LogP contribution is 2.54. The van der Waals surface area contributed by atoms with E-state index < -0.39 is 0 Å². The average molecular weight is 135 g/mol. The maximum Gasteiger partial charge on any atom is 0.0661 e. The molecule has 2 aliphatic rings. The molecule has 0 aromatic carbocycles. The van der Waals surface area contributed by atoms with Gasteiger partial charge >= 0.3 is 0 Å². The zero-order valence-corrected chi connectivity index (χ0v) is 6.38. The zero-order valence-electron chi connectivity index (χ0n) is 6.38. The molecule has 0 aromatic rings. The van der Waals surface area contributed by atoms with Crippen LogP contribution in [0.25, 0.3) is 0 Å². The zero-order chi connectivity index (χ0) is 7.14. The number of fused-ring (bicyclic) bond motifs is 1. The SMILES string of the molecule is CC1C(C#N)C2CCCC12.